The number of hydrogen-bond donors (Lipinski definition) is 3. The Morgan fingerprint density at radius 3 is 2.76 bits per heavy atom. The van der Waals surface area contributed by atoms with Crippen LogP contribution in [0.1, 0.15) is 15.2 Å². The van der Waals surface area contributed by atoms with Gasteiger partial charge in [0.1, 0.15) is 0 Å². The first-order chi connectivity index (χ1) is 10.1. The molecule has 1 heterocycles. The monoisotopic (exact) mass is 324 g/mol. The van der Waals surface area contributed by atoms with Gasteiger partial charge in [-0.05, 0) is 36.1 Å². The van der Waals surface area contributed by atoms with Gasteiger partial charge in [-0.25, -0.2) is 9.59 Å². The normalized spacial score (nSPS) is 10.1. The summed E-state index contributed by atoms with van der Waals surface area (Å²) in [5.74, 6) is -1.14. The molecule has 0 saturated heterocycles. The lowest BCUT2D eigenvalue weighted by Crippen LogP contribution is -2.30. The molecule has 3 N–H and O–H groups in total. The largest absolute Gasteiger partial charge is 0.478 e. The van der Waals surface area contributed by atoms with Gasteiger partial charge >= 0.3 is 12.0 Å². The van der Waals surface area contributed by atoms with Crippen molar-refractivity contribution in [2.24, 2.45) is 0 Å². The molecule has 2 rings (SSSR count). The minimum Gasteiger partial charge on any atom is -0.478 e. The van der Waals surface area contributed by atoms with Gasteiger partial charge in [-0.3, -0.25) is 0 Å². The van der Waals surface area contributed by atoms with E-state index in [1.807, 2.05) is 17.5 Å². The van der Waals surface area contributed by atoms with Crippen molar-refractivity contribution >= 4 is 40.6 Å². The maximum atomic E-state index is 11.7. The van der Waals surface area contributed by atoms with Crippen LogP contribution in [0.3, 0.4) is 0 Å². The third-order valence-corrected chi connectivity index (χ3v) is 3.96. The highest BCUT2D eigenvalue weighted by molar-refractivity contribution is 7.09. The molecule has 2 amide bonds. The fraction of sp³-hybridized carbons (Fsp3) is 0.143. The van der Waals surface area contributed by atoms with Crippen LogP contribution in [0, 0.1) is 0 Å². The second-order valence-electron chi connectivity index (χ2n) is 4.21. The Balaban J connectivity index is 1.87. The summed E-state index contributed by atoms with van der Waals surface area (Å²) in [4.78, 5) is 23.8. The van der Waals surface area contributed by atoms with Crippen molar-refractivity contribution in [1.82, 2.24) is 5.32 Å². The summed E-state index contributed by atoms with van der Waals surface area (Å²) in [5.41, 5.74) is 0.332. The van der Waals surface area contributed by atoms with E-state index in [0.29, 0.717) is 12.2 Å². The van der Waals surface area contributed by atoms with Crippen LogP contribution in [0.4, 0.5) is 10.5 Å². The first-order valence-corrected chi connectivity index (χ1v) is 7.42. The van der Waals surface area contributed by atoms with Crippen LogP contribution < -0.4 is 10.6 Å². The van der Waals surface area contributed by atoms with E-state index in [0.717, 1.165) is 6.42 Å². The van der Waals surface area contributed by atoms with Crippen LogP contribution in [0.25, 0.3) is 0 Å². The number of aromatic carboxylic acids is 1. The number of carbonyl (C=O) groups excluding carboxylic acids is 1. The van der Waals surface area contributed by atoms with Crippen molar-refractivity contribution in [1.29, 1.82) is 0 Å². The number of benzene rings is 1. The lowest BCUT2D eigenvalue weighted by atomic mass is 10.2. The number of nitrogens with one attached hydrogen (secondary N) is 2. The molecule has 1 aromatic carbocycles. The molecule has 5 nitrogen and oxygen atoms in total. The maximum Gasteiger partial charge on any atom is 0.337 e. The van der Waals surface area contributed by atoms with Gasteiger partial charge in [0.05, 0.1) is 10.6 Å². The molecule has 0 aliphatic heterocycles. The van der Waals surface area contributed by atoms with E-state index in [9.17, 15) is 9.59 Å². The van der Waals surface area contributed by atoms with Crippen LogP contribution in [0.5, 0.6) is 0 Å². The molecule has 0 spiro atoms. The molecule has 110 valence electrons. The zero-order valence-corrected chi connectivity index (χ0v) is 12.5. The van der Waals surface area contributed by atoms with Crippen LogP contribution in [0.15, 0.2) is 35.7 Å². The number of anilines is 1. The molecule has 0 fully saturated rings. The van der Waals surface area contributed by atoms with Gasteiger partial charge in [0, 0.05) is 17.1 Å². The molecule has 0 bridgehead atoms. The fourth-order valence-corrected chi connectivity index (χ4v) is 2.60. The summed E-state index contributed by atoms with van der Waals surface area (Å²) in [5, 5.41) is 16.4. The molecule has 0 unspecified atom stereocenters. The predicted octanol–water partition coefficient (Wildman–Crippen LogP) is 3.46. The summed E-state index contributed by atoms with van der Waals surface area (Å²) >= 11 is 7.39. The lowest BCUT2D eigenvalue weighted by Gasteiger charge is -2.08. The third kappa shape index (κ3) is 4.47. The van der Waals surface area contributed by atoms with Crippen LogP contribution >= 0.6 is 22.9 Å². The average Bonchev–Trinajstić information content (AvgIpc) is 2.94. The first kappa shape index (κ1) is 15.3. The number of carbonyl (C=O) groups is 2. The number of thiophene rings is 1. The summed E-state index contributed by atoms with van der Waals surface area (Å²) in [6.07, 6.45) is 0.756. The Bertz CT molecular complexity index is 644. The van der Waals surface area contributed by atoms with Gasteiger partial charge in [0.15, 0.2) is 0 Å². The van der Waals surface area contributed by atoms with Crippen LogP contribution in [-0.4, -0.2) is 23.7 Å². The molecule has 0 saturated carbocycles. The van der Waals surface area contributed by atoms with Crippen molar-refractivity contribution in [3.05, 3.63) is 51.2 Å². The predicted molar refractivity (Wildman–Crippen MR) is 83.5 cm³/mol. The van der Waals surface area contributed by atoms with E-state index in [-0.39, 0.29) is 16.6 Å². The molecule has 2 aromatic rings. The fourth-order valence-electron chi connectivity index (χ4n) is 1.70. The SMILES string of the molecule is O=C(NCCc1cccs1)Nc1ccc(Cl)c(C(=O)O)c1. The Labute approximate surface area is 130 Å². The lowest BCUT2D eigenvalue weighted by molar-refractivity contribution is 0.0697. The summed E-state index contributed by atoms with van der Waals surface area (Å²) in [7, 11) is 0. The van der Waals surface area contributed by atoms with Gasteiger partial charge in [-0.1, -0.05) is 17.7 Å². The minimum atomic E-state index is -1.14. The van der Waals surface area contributed by atoms with Crippen molar-refractivity contribution in [2.45, 2.75) is 6.42 Å². The second kappa shape index (κ2) is 7.10. The smallest absolute Gasteiger partial charge is 0.337 e. The van der Waals surface area contributed by atoms with Gasteiger partial charge in [0.2, 0.25) is 0 Å². The molecular weight excluding hydrogens is 312 g/mol. The zero-order valence-electron chi connectivity index (χ0n) is 10.9. The van der Waals surface area contributed by atoms with Crippen molar-refractivity contribution in [3.8, 4) is 0 Å². The Hall–Kier alpha value is -2.05. The maximum absolute atomic E-state index is 11.7. The first-order valence-electron chi connectivity index (χ1n) is 6.16. The Kier molecular flexibility index (Phi) is 5.19. The number of hydrogen-bond acceptors (Lipinski definition) is 3. The standard InChI is InChI=1S/C14H13ClN2O3S/c15-12-4-3-9(8-11(12)13(18)19)17-14(20)16-6-5-10-2-1-7-21-10/h1-4,7-8H,5-6H2,(H,18,19)(H2,16,17,20). The molecular formula is C14H13ClN2O3S. The average molecular weight is 325 g/mol. The number of carboxylic acids is 1. The third-order valence-electron chi connectivity index (χ3n) is 2.69. The van der Waals surface area contributed by atoms with E-state index in [1.165, 1.54) is 17.0 Å². The number of halogens is 1. The number of rotatable bonds is 5. The van der Waals surface area contributed by atoms with Crippen LogP contribution in [-0.2, 0) is 6.42 Å². The van der Waals surface area contributed by atoms with E-state index in [1.54, 1.807) is 17.4 Å². The molecule has 21 heavy (non-hydrogen) atoms. The van der Waals surface area contributed by atoms with E-state index < -0.39 is 5.97 Å². The number of urea groups is 1. The Morgan fingerprint density at radius 1 is 1.29 bits per heavy atom. The van der Waals surface area contributed by atoms with E-state index in [4.69, 9.17) is 16.7 Å². The summed E-state index contributed by atoms with van der Waals surface area (Å²) < 4.78 is 0. The zero-order chi connectivity index (χ0) is 15.2. The molecule has 0 aliphatic rings. The van der Waals surface area contributed by atoms with Gasteiger partial charge in [0.25, 0.3) is 0 Å². The van der Waals surface area contributed by atoms with E-state index in [2.05, 4.69) is 10.6 Å². The van der Waals surface area contributed by atoms with Crippen molar-refractivity contribution in [3.63, 3.8) is 0 Å². The Morgan fingerprint density at radius 2 is 2.10 bits per heavy atom. The topological polar surface area (TPSA) is 78.4 Å². The molecule has 7 heteroatoms. The van der Waals surface area contributed by atoms with E-state index >= 15 is 0 Å². The molecule has 0 aliphatic carbocycles. The van der Waals surface area contributed by atoms with Crippen molar-refractivity contribution < 1.29 is 14.7 Å². The number of carboxylic acid groups (broad SMARTS) is 1. The highest BCUT2D eigenvalue weighted by Gasteiger charge is 2.10. The molecule has 1 aromatic heterocycles. The molecule has 0 atom stereocenters. The molecule has 0 radical (unpaired) electrons. The minimum absolute atomic E-state index is 0.0481. The summed E-state index contributed by atoms with van der Waals surface area (Å²) in [6.45, 7) is 0.506. The number of amides is 2. The highest BCUT2D eigenvalue weighted by atomic mass is 35.5. The van der Waals surface area contributed by atoms with Crippen LogP contribution in [0.2, 0.25) is 5.02 Å². The van der Waals surface area contributed by atoms with Gasteiger partial charge < -0.3 is 15.7 Å². The second-order valence-corrected chi connectivity index (χ2v) is 5.65. The summed E-state index contributed by atoms with van der Waals surface area (Å²) in [6, 6.07) is 7.89. The highest BCUT2D eigenvalue weighted by Crippen LogP contribution is 2.20. The van der Waals surface area contributed by atoms with Crippen molar-refractivity contribution in [2.75, 3.05) is 11.9 Å². The van der Waals surface area contributed by atoms with Gasteiger partial charge in [-0.15, -0.1) is 11.3 Å². The quantitative estimate of drug-likeness (QED) is 0.788. The van der Waals surface area contributed by atoms with Gasteiger partial charge in [-0.2, -0.15) is 0 Å².